The van der Waals surface area contributed by atoms with Crippen molar-refractivity contribution < 1.29 is 24.0 Å². The van der Waals surface area contributed by atoms with E-state index in [2.05, 4.69) is 21.3 Å². The van der Waals surface area contributed by atoms with Crippen LogP contribution in [0.2, 0.25) is 0 Å². The molecule has 0 aliphatic rings. The molecule has 1 aromatic carbocycles. The molecule has 170 valence electrons. The lowest BCUT2D eigenvalue weighted by molar-refractivity contribution is -0.131. The van der Waals surface area contributed by atoms with E-state index >= 15 is 0 Å². The summed E-state index contributed by atoms with van der Waals surface area (Å²) in [5.41, 5.74) is 6.08. The third-order valence-corrected chi connectivity index (χ3v) is 4.41. The highest BCUT2D eigenvalue weighted by molar-refractivity contribution is 5.93. The first-order chi connectivity index (χ1) is 14.6. The Labute approximate surface area is 181 Å². The number of carbonyl (C=O) groups is 5. The van der Waals surface area contributed by atoms with Gasteiger partial charge in [-0.15, -0.1) is 0 Å². The maximum atomic E-state index is 12.7. The summed E-state index contributed by atoms with van der Waals surface area (Å²) >= 11 is 0. The highest BCUT2D eigenvalue weighted by Gasteiger charge is 2.24. The minimum atomic E-state index is -0.960. The first-order valence-electron chi connectivity index (χ1n) is 10.1. The Bertz CT molecular complexity index is 782. The van der Waals surface area contributed by atoms with Crippen molar-refractivity contribution in [2.75, 3.05) is 13.1 Å². The fourth-order valence-corrected chi connectivity index (χ4v) is 2.69. The largest absolute Gasteiger partial charge is 0.368 e. The zero-order valence-electron chi connectivity index (χ0n) is 18.1. The molecule has 6 N–H and O–H groups in total. The van der Waals surface area contributed by atoms with Crippen molar-refractivity contribution in [1.82, 2.24) is 21.3 Å². The highest BCUT2D eigenvalue weighted by Crippen LogP contribution is 2.04. The SMILES string of the molecule is CCC(=O)NCC(=O)N[C@@H](Cc1ccccc1)C(=O)NCC(=O)N[C@H](C(N)=O)C(C)C. The van der Waals surface area contributed by atoms with E-state index in [4.69, 9.17) is 5.73 Å². The summed E-state index contributed by atoms with van der Waals surface area (Å²) in [5, 5.41) is 9.96. The number of hydrogen-bond acceptors (Lipinski definition) is 5. The van der Waals surface area contributed by atoms with E-state index in [0.717, 1.165) is 5.56 Å². The van der Waals surface area contributed by atoms with Gasteiger partial charge in [0.05, 0.1) is 13.1 Å². The molecule has 0 radical (unpaired) electrons. The Morgan fingerprint density at radius 1 is 0.871 bits per heavy atom. The van der Waals surface area contributed by atoms with Crippen LogP contribution in [0.25, 0.3) is 0 Å². The van der Waals surface area contributed by atoms with Gasteiger partial charge in [0.25, 0.3) is 0 Å². The molecule has 1 aromatic rings. The van der Waals surface area contributed by atoms with Gasteiger partial charge in [-0.1, -0.05) is 51.1 Å². The first-order valence-corrected chi connectivity index (χ1v) is 10.1. The van der Waals surface area contributed by atoms with Gasteiger partial charge in [0.15, 0.2) is 0 Å². The van der Waals surface area contributed by atoms with E-state index in [-0.39, 0.29) is 37.8 Å². The lowest BCUT2D eigenvalue weighted by Crippen LogP contribution is -2.54. The van der Waals surface area contributed by atoms with Crippen LogP contribution in [0.5, 0.6) is 0 Å². The van der Waals surface area contributed by atoms with Crippen molar-refractivity contribution in [3.63, 3.8) is 0 Å². The van der Waals surface area contributed by atoms with Crippen LogP contribution >= 0.6 is 0 Å². The molecule has 0 saturated carbocycles. The van der Waals surface area contributed by atoms with Crippen LogP contribution in [0.15, 0.2) is 30.3 Å². The van der Waals surface area contributed by atoms with Crippen molar-refractivity contribution >= 4 is 29.5 Å². The maximum Gasteiger partial charge on any atom is 0.243 e. The summed E-state index contributed by atoms with van der Waals surface area (Å²) < 4.78 is 0. The van der Waals surface area contributed by atoms with E-state index in [9.17, 15) is 24.0 Å². The van der Waals surface area contributed by atoms with Crippen LogP contribution < -0.4 is 27.0 Å². The highest BCUT2D eigenvalue weighted by atomic mass is 16.2. The molecule has 0 aromatic heterocycles. The summed E-state index contributed by atoms with van der Waals surface area (Å²) in [6, 6.07) is 7.22. The molecule has 0 aliphatic carbocycles. The molecule has 0 aliphatic heterocycles. The van der Waals surface area contributed by atoms with Crippen molar-refractivity contribution in [1.29, 1.82) is 0 Å². The Kier molecular flexibility index (Phi) is 10.7. The summed E-state index contributed by atoms with van der Waals surface area (Å²) in [5.74, 6) is -2.85. The second-order valence-corrected chi connectivity index (χ2v) is 7.35. The summed E-state index contributed by atoms with van der Waals surface area (Å²) in [6.07, 6.45) is 0.427. The van der Waals surface area contributed by atoms with Crippen LogP contribution in [-0.4, -0.2) is 54.7 Å². The number of rotatable bonds is 12. The summed E-state index contributed by atoms with van der Waals surface area (Å²) in [7, 11) is 0. The molecule has 10 heteroatoms. The minimum Gasteiger partial charge on any atom is -0.368 e. The van der Waals surface area contributed by atoms with E-state index in [1.54, 1.807) is 45.0 Å². The van der Waals surface area contributed by atoms with Crippen LogP contribution in [0, 0.1) is 5.92 Å². The lowest BCUT2D eigenvalue weighted by atomic mass is 10.0. The van der Waals surface area contributed by atoms with Gasteiger partial charge in [0, 0.05) is 12.8 Å². The van der Waals surface area contributed by atoms with Gasteiger partial charge in [0.2, 0.25) is 29.5 Å². The molecule has 0 bridgehead atoms. The van der Waals surface area contributed by atoms with E-state index in [1.807, 2.05) is 6.07 Å². The molecule has 10 nitrogen and oxygen atoms in total. The molecule has 0 unspecified atom stereocenters. The first kappa shape index (κ1) is 25.6. The predicted octanol–water partition coefficient (Wildman–Crippen LogP) is -1.02. The van der Waals surface area contributed by atoms with Crippen LogP contribution in [0.3, 0.4) is 0 Å². The molecule has 0 spiro atoms. The average molecular weight is 434 g/mol. The monoisotopic (exact) mass is 433 g/mol. The second-order valence-electron chi connectivity index (χ2n) is 7.35. The number of carbonyl (C=O) groups excluding carboxylic acids is 5. The van der Waals surface area contributed by atoms with Crippen molar-refractivity contribution in [3.05, 3.63) is 35.9 Å². The molecule has 0 heterocycles. The standard InChI is InChI=1S/C21H31N5O5/c1-4-16(27)23-11-17(28)25-15(10-14-8-6-5-7-9-14)21(31)24-12-18(29)26-19(13(2)3)20(22)30/h5-9,13,15,19H,4,10-12H2,1-3H3,(H2,22,30)(H,23,27)(H,24,31)(H,25,28)(H,26,29)/t15-,19-/m0/s1. The van der Waals surface area contributed by atoms with Gasteiger partial charge >= 0.3 is 0 Å². The number of nitrogens with two attached hydrogens (primary N) is 1. The molecule has 31 heavy (non-hydrogen) atoms. The predicted molar refractivity (Wildman–Crippen MR) is 114 cm³/mol. The number of hydrogen-bond donors (Lipinski definition) is 5. The summed E-state index contributed by atoms with van der Waals surface area (Å²) in [6.45, 7) is 4.48. The average Bonchev–Trinajstić information content (AvgIpc) is 2.73. The zero-order valence-corrected chi connectivity index (χ0v) is 18.1. The number of amides is 5. The van der Waals surface area contributed by atoms with E-state index < -0.39 is 35.7 Å². The fourth-order valence-electron chi connectivity index (χ4n) is 2.69. The molecule has 0 fully saturated rings. The minimum absolute atomic E-state index is 0.192. The molecule has 0 saturated heterocycles. The zero-order chi connectivity index (χ0) is 23.4. The summed E-state index contributed by atoms with van der Waals surface area (Å²) in [4.78, 5) is 59.7. The van der Waals surface area contributed by atoms with Gasteiger partial charge in [-0.05, 0) is 11.5 Å². The normalized spacial score (nSPS) is 12.4. The van der Waals surface area contributed by atoms with Gasteiger partial charge in [-0.3, -0.25) is 24.0 Å². The lowest BCUT2D eigenvalue weighted by Gasteiger charge is -2.21. The third-order valence-electron chi connectivity index (χ3n) is 4.41. The van der Waals surface area contributed by atoms with Crippen molar-refractivity contribution in [3.8, 4) is 0 Å². The topological polar surface area (TPSA) is 159 Å². The molecule has 5 amide bonds. The van der Waals surface area contributed by atoms with Crippen molar-refractivity contribution in [2.45, 2.75) is 45.7 Å². The van der Waals surface area contributed by atoms with Crippen LogP contribution in [0.1, 0.15) is 32.8 Å². The van der Waals surface area contributed by atoms with Gasteiger partial charge in [-0.2, -0.15) is 0 Å². The maximum absolute atomic E-state index is 12.7. The number of primary amides is 1. The Balaban J connectivity index is 2.74. The van der Waals surface area contributed by atoms with E-state index in [0.29, 0.717) is 0 Å². The molecular weight excluding hydrogens is 402 g/mol. The van der Waals surface area contributed by atoms with Gasteiger partial charge in [-0.25, -0.2) is 0 Å². The fraction of sp³-hybridized carbons (Fsp3) is 0.476. The molecular formula is C21H31N5O5. The second kappa shape index (κ2) is 13.0. The smallest absolute Gasteiger partial charge is 0.243 e. The van der Waals surface area contributed by atoms with Gasteiger partial charge in [0.1, 0.15) is 12.1 Å². The Morgan fingerprint density at radius 2 is 1.45 bits per heavy atom. The van der Waals surface area contributed by atoms with Gasteiger partial charge < -0.3 is 27.0 Å². The molecule has 2 atom stereocenters. The van der Waals surface area contributed by atoms with E-state index in [1.165, 1.54) is 0 Å². The van der Waals surface area contributed by atoms with Crippen LogP contribution in [-0.2, 0) is 30.4 Å². The Morgan fingerprint density at radius 3 is 2.00 bits per heavy atom. The quantitative estimate of drug-likeness (QED) is 0.285. The third kappa shape index (κ3) is 9.75. The number of nitrogens with one attached hydrogen (secondary N) is 4. The molecule has 1 rings (SSSR count). The Hall–Kier alpha value is -3.43. The van der Waals surface area contributed by atoms with Crippen LogP contribution in [0.4, 0.5) is 0 Å². The van der Waals surface area contributed by atoms with Crippen molar-refractivity contribution in [2.24, 2.45) is 11.7 Å². The number of benzene rings is 1.